The number of rotatable bonds is 4. The van der Waals surface area contributed by atoms with Crippen LogP contribution in [0.4, 0.5) is 0 Å². The van der Waals surface area contributed by atoms with Crippen molar-refractivity contribution in [1.29, 1.82) is 0 Å². The second kappa shape index (κ2) is 6.13. The fraction of sp³-hybridized carbons (Fsp3) is 0.150. The molecule has 1 amide bonds. The zero-order valence-electron chi connectivity index (χ0n) is 13.3. The number of benzene rings is 3. The van der Waals surface area contributed by atoms with Crippen molar-refractivity contribution in [1.82, 2.24) is 0 Å². The van der Waals surface area contributed by atoms with Crippen molar-refractivity contribution in [3.63, 3.8) is 0 Å². The van der Waals surface area contributed by atoms with E-state index in [9.17, 15) is 4.79 Å². The lowest BCUT2D eigenvalue weighted by atomic mass is 10.0. The van der Waals surface area contributed by atoms with Crippen LogP contribution in [0.3, 0.4) is 0 Å². The Balaban J connectivity index is 1.90. The molecule has 3 aromatic carbocycles. The second-order valence-electron chi connectivity index (χ2n) is 5.73. The fourth-order valence-corrected chi connectivity index (χ4v) is 2.89. The van der Waals surface area contributed by atoms with Gasteiger partial charge in [0.1, 0.15) is 12.4 Å². The minimum atomic E-state index is -0.420. The molecule has 23 heavy (non-hydrogen) atoms. The predicted octanol–water partition coefficient (Wildman–Crippen LogP) is 4.13. The van der Waals surface area contributed by atoms with E-state index >= 15 is 0 Å². The smallest absolute Gasteiger partial charge is 0.248 e. The molecule has 0 aliphatic carbocycles. The van der Waals surface area contributed by atoms with Crippen LogP contribution in [0.1, 0.15) is 27.0 Å². The molecule has 3 heteroatoms. The lowest BCUT2D eigenvalue weighted by Crippen LogP contribution is -2.12. The van der Waals surface area contributed by atoms with Crippen LogP contribution in [0.5, 0.6) is 5.75 Å². The van der Waals surface area contributed by atoms with Gasteiger partial charge in [-0.05, 0) is 53.4 Å². The highest BCUT2D eigenvalue weighted by Crippen LogP contribution is 2.27. The molecule has 0 spiro atoms. The van der Waals surface area contributed by atoms with Crippen LogP contribution in [-0.2, 0) is 6.61 Å². The summed E-state index contributed by atoms with van der Waals surface area (Å²) in [5.74, 6) is 0.389. The SMILES string of the molecule is Cc1cc(C(N)=O)cc(C)c1OCc1cccc2ccccc12. The highest BCUT2D eigenvalue weighted by atomic mass is 16.5. The molecule has 0 unspecified atom stereocenters. The Morgan fingerprint density at radius 3 is 2.35 bits per heavy atom. The van der Waals surface area contributed by atoms with Crippen LogP contribution < -0.4 is 10.5 Å². The molecule has 0 heterocycles. The number of carbonyl (C=O) groups excluding carboxylic acids is 1. The van der Waals surface area contributed by atoms with Crippen LogP contribution in [0.2, 0.25) is 0 Å². The lowest BCUT2D eigenvalue weighted by Gasteiger charge is -2.14. The number of fused-ring (bicyclic) bond motifs is 1. The van der Waals surface area contributed by atoms with E-state index in [0.29, 0.717) is 12.2 Å². The van der Waals surface area contributed by atoms with E-state index in [2.05, 4.69) is 24.3 Å². The van der Waals surface area contributed by atoms with Gasteiger partial charge in [-0.25, -0.2) is 0 Å². The van der Waals surface area contributed by atoms with Gasteiger partial charge in [0.25, 0.3) is 0 Å². The molecule has 0 atom stereocenters. The van der Waals surface area contributed by atoms with Crippen LogP contribution in [0, 0.1) is 13.8 Å². The number of amides is 1. The van der Waals surface area contributed by atoms with Gasteiger partial charge in [-0.1, -0.05) is 42.5 Å². The maximum Gasteiger partial charge on any atom is 0.248 e. The molecule has 3 nitrogen and oxygen atoms in total. The molecule has 0 aliphatic rings. The third kappa shape index (κ3) is 3.04. The van der Waals surface area contributed by atoms with E-state index in [1.807, 2.05) is 32.0 Å². The molecule has 116 valence electrons. The van der Waals surface area contributed by atoms with E-state index in [-0.39, 0.29) is 0 Å². The first-order chi connectivity index (χ1) is 11.1. The zero-order valence-corrected chi connectivity index (χ0v) is 13.3. The second-order valence-corrected chi connectivity index (χ2v) is 5.73. The van der Waals surface area contributed by atoms with Gasteiger partial charge in [-0.2, -0.15) is 0 Å². The van der Waals surface area contributed by atoms with Crippen molar-refractivity contribution < 1.29 is 9.53 Å². The zero-order chi connectivity index (χ0) is 16.4. The van der Waals surface area contributed by atoms with Crippen molar-refractivity contribution in [3.8, 4) is 5.75 Å². The average molecular weight is 305 g/mol. The Labute approximate surface area is 135 Å². The summed E-state index contributed by atoms with van der Waals surface area (Å²) in [5, 5.41) is 2.39. The number of aryl methyl sites for hydroxylation is 2. The first-order valence-electron chi connectivity index (χ1n) is 7.57. The maximum atomic E-state index is 11.3. The highest BCUT2D eigenvalue weighted by molar-refractivity contribution is 5.93. The molecule has 0 aliphatic heterocycles. The molecule has 0 bridgehead atoms. The number of ether oxygens (including phenoxy) is 1. The summed E-state index contributed by atoms with van der Waals surface area (Å²) in [7, 11) is 0. The Hall–Kier alpha value is -2.81. The van der Waals surface area contributed by atoms with Crippen molar-refractivity contribution in [2.24, 2.45) is 5.73 Å². The number of hydrogen-bond donors (Lipinski definition) is 1. The van der Waals surface area contributed by atoms with Gasteiger partial charge < -0.3 is 10.5 Å². The summed E-state index contributed by atoms with van der Waals surface area (Å²) in [6, 6.07) is 18.0. The quantitative estimate of drug-likeness (QED) is 0.787. The predicted molar refractivity (Wildman–Crippen MR) is 92.7 cm³/mol. The molecule has 3 rings (SSSR count). The Kier molecular flexibility index (Phi) is 4.02. The van der Waals surface area contributed by atoms with Crippen molar-refractivity contribution in [2.75, 3.05) is 0 Å². The van der Waals surface area contributed by atoms with E-state index in [1.54, 1.807) is 12.1 Å². The van der Waals surface area contributed by atoms with Gasteiger partial charge in [0.15, 0.2) is 0 Å². The van der Waals surface area contributed by atoms with Crippen molar-refractivity contribution in [2.45, 2.75) is 20.5 Å². The molecule has 0 radical (unpaired) electrons. The summed E-state index contributed by atoms with van der Waals surface area (Å²) in [6.45, 7) is 4.34. The largest absolute Gasteiger partial charge is 0.488 e. The van der Waals surface area contributed by atoms with E-state index < -0.39 is 5.91 Å². The fourth-order valence-electron chi connectivity index (χ4n) is 2.89. The molecular weight excluding hydrogens is 286 g/mol. The average Bonchev–Trinajstić information content (AvgIpc) is 2.54. The lowest BCUT2D eigenvalue weighted by molar-refractivity contribution is 0.1000. The third-order valence-corrected chi connectivity index (χ3v) is 4.00. The first kappa shape index (κ1) is 15.1. The van der Waals surface area contributed by atoms with Crippen LogP contribution in [-0.4, -0.2) is 5.91 Å². The van der Waals surface area contributed by atoms with Crippen molar-refractivity contribution in [3.05, 3.63) is 76.9 Å². The Bertz CT molecular complexity index is 855. The van der Waals surface area contributed by atoms with E-state index in [0.717, 1.165) is 22.4 Å². The topological polar surface area (TPSA) is 52.3 Å². The van der Waals surface area contributed by atoms with Gasteiger partial charge in [-0.15, -0.1) is 0 Å². The van der Waals surface area contributed by atoms with Gasteiger partial charge in [-0.3, -0.25) is 4.79 Å². The molecular formula is C20H19NO2. The number of hydrogen-bond acceptors (Lipinski definition) is 2. The molecule has 3 aromatic rings. The van der Waals surface area contributed by atoms with Gasteiger partial charge in [0.2, 0.25) is 5.91 Å². The van der Waals surface area contributed by atoms with Crippen LogP contribution in [0.25, 0.3) is 10.8 Å². The van der Waals surface area contributed by atoms with Gasteiger partial charge in [0, 0.05) is 5.56 Å². The maximum absolute atomic E-state index is 11.3. The number of carbonyl (C=O) groups is 1. The summed E-state index contributed by atoms with van der Waals surface area (Å²) in [5.41, 5.74) is 8.83. The van der Waals surface area contributed by atoms with Crippen LogP contribution in [0.15, 0.2) is 54.6 Å². The minimum absolute atomic E-state index is 0.420. The molecule has 0 aromatic heterocycles. The monoisotopic (exact) mass is 305 g/mol. The first-order valence-corrected chi connectivity index (χ1v) is 7.57. The van der Waals surface area contributed by atoms with Crippen LogP contribution >= 0.6 is 0 Å². The Morgan fingerprint density at radius 1 is 1.00 bits per heavy atom. The summed E-state index contributed by atoms with van der Waals surface area (Å²) >= 11 is 0. The molecule has 0 fully saturated rings. The molecule has 0 saturated carbocycles. The molecule has 0 saturated heterocycles. The summed E-state index contributed by atoms with van der Waals surface area (Å²) < 4.78 is 6.04. The van der Waals surface area contributed by atoms with E-state index in [4.69, 9.17) is 10.5 Å². The highest BCUT2D eigenvalue weighted by Gasteiger charge is 2.10. The standard InChI is InChI=1S/C20H19NO2/c1-13-10-17(20(21)22)11-14(2)19(13)23-12-16-8-5-7-15-6-3-4-9-18(15)16/h3-11H,12H2,1-2H3,(H2,21,22). The van der Waals surface area contributed by atoms with Crippen molar-refractivity contribution >= 4 is 16.7 Å². The number of nitrogens with two attached hydrogens (primary N) is 1. The number of primary amides is 1. The van der Waals surface area contributed by atoms with Gasteiger partial charge >= 0.3 is 0 Å². The Morgan fingerprint density at radius 2 is 1.65 bits per heavy atom. The van der Waals surface area contributed by atoms with E-state index in [1.165, 1.54) is 10.8 Å². The van der Waals surface area contributed by atoms with Gasteiger partial charge in [0.05, 0.1) is 0 Å². The summed E-state index contributed by atoms with van der Waals surface area (Å²) in [4.78, 5) is 11.3. The molecule has 2 N–H and O–H groups in total. The third-order valence-electron chi connectivity index (χ3n) is 4.00. The normalized spacial score (nSPS) is 10.7. The minimum Gasteiger partial charge on any atom is -0.488 e. The summed E-state index contributed by atoms with van der Waals surface area (Å²) in [6.07, 6.45) is 0.